The molecule has 0 saturated carbocycles. The number of benzene rings is 1. The zero-order chi connectivity index (χ0) is 16.4. The molecule has 2 aromatic rings. The molecule has 1 aromatic heterocycles. The van der Waals surface area contributed by atoms with Crippen LogP contribution >= 0.6 is 0 Å². The van der Waals surface area contributed by atoms with Crippen molar-refractivity contribution in [2.24, 2.45) is 0 Å². The van der Waals surface area contributed by atoms with Gasteiger partial charge in [0.05, 0.1) is 23.2 Å². The number of hydrogen-bond donors (Lipinski definition) is 1. The van der Waals surface area contributed by atoms with E-state index in [0.717, 1.165) is 30.5 Å². The molecule has 6 heteroatoms. The molecule has 0 radical (unpaired) electrons. The third-order valence-electron chi connectivity index (χ3n) is 4.45. The topological polar surface area (TPSA) is 65.3 Å². The molecule has 1 aromatic carbocycles. The lowest BCUT2D eigenvalue weighted by atomic mass is 10.1. The Kier molecular flexibility index (Phi) is 4.52. The normalized spacial score (nSPS) is 19.1. The van der Waals surface area contributed by atoms with Gasteiger partial charge in [0.25, 0.3) is 0 Å². The lowest BCUT2D eigenvalue weighted by Crippen LogP contribution is -2.43. The maximum absolute atomic E-state index is 12.5. The molecule has 3 rings (SSSR count). The molecule has 2 heterocycles. The quantitative estimate of drug-likeness (QED) is 0.909. The molecule has 2 unspecified atom stereocenters. The Bertz CT molecular complexity index is 756. The van der Waals surface area contributed by atoms with Gasteiger partial charge in [0, 0.05) is 13.2 Å². The van der Waals surface area contributed by atoms with Crippen molar-refractivity contribution in [3.8, 4) is 0 Å². The molecular formula is C17H23N3O3. The fourth-order valence-corrected chi connectivity index (χ4v) is 3.26. The van der Waals surface area contributed by atoms with E-state index < -0.39 is 0 Å². The van der Waals surface area contributed by atoms with Gasteiger partial charge in [-0.3, -0.25) is 13.9 Å². The summed E-state index contributed by atoms with van der Waals surface area (Å²) in [7, 11) is 0. The van der Waals surface area contributed by atoms with Crippen LogP contribution < -0.4 is 11.0 Å². The van der Waals surface area contributed by atoms with Crippen LogP contribution in [0.1, 0.15) is 26.7 Å². The molecule has 1 saturated heterocycles. The maximum Gasteiger partial charge on any atom is 0.329 e. The summed E-state index contributed by atoms with van der Waals surface area (Å²) in [4.78, 5) is 24.9. The van der Waals surface area contributed by atoms with E-state index in [1.807, 2.05) is 38.1 Å². The van der Waals surface area contributed by atoms with E-state index in [4.69, 9.17) is 4.74 Å². The Balaban J connectivity index is 1.79. The SMILES string of the molecule is CCn1c(=O)n(CC(=O)NC(C)C2CCCO2)c2ccccc21. The molecule has 1 aliphatic rings. The van der Waals surface area contributed by atoms with Gasteiger partial charge in [-0.25, -0.2) is 4.79 Å². The highest BCUT2D eigenvalue weighted by molar-refractivity contribution is 5.81. The second kappa shape index (κ2) is 6.58. The molecule has 1 fully saturated rings. The average Bonchev–Trinajstić information content (AvgIpc) is 3.15. The van der Waals surface area contributed by atoms with E-state index >= 15 is 0 Å². The number of fused-ring (bicyclic) bond motifs is 1. The van der Waals surface area contributed by atoms with Crippen molar-refractivity contribution >= 4 is 16.9 Å². The van der Waals surface area contributed by atoms with Crippen LogP contribution in [0.3, 0.4) is 0 Å². The number of nitrogens with zero attached hydrogens (tertiary/aromatic N) is 2. The third kappa shape index (κ3) is 3.03. The predicted molar refractivity (Wildman–Crippen MR) is 88.5 cm³/mol. The van der Waals surface area contributed by atoms with Crippen LogP contribution in [-0.4, -0.2) is 33.8 Å². The highest BCUT2D eigenvalue weighted by Gasteiger charge is 2.24. The van der Waals surface area contributed by atoms with Crippen molar-refractivity contribution in [1.82, 2.24) is 14.5 Å². The molecule has 1 N–H and O–H groups in total. The second-order valence-corrected chi connectivity index (χ2v) is 6.01. The van der Waals surface area contributed by atoms with Crippen LogP contribution in [0, 0.1) is 0 Å². The fourth-order valence-electron chi connectivity index (χ4n) is 3.26. The molecule has 0 aliphatic carbocycles. The number of amides is 1. The molecule has 6 nitrogen and oxygen atoms in total. The maximum atomic E-state index is 12.5. The number of para-hydroxylation sites is 2. The first-order chi connectivity index (χ1) is 11.1. The van der Waals surface area contributed by atoms with Gasteiger partial charge >= 0.3 is 5.69 Å². The minimum absolute atomic E-state index is 0.0312. The van der Waals surface area contributed by atoms with E-state index in [0.29, 0.717) is 6.54 Å². The highest BCUT2D eigenvalue weighted by Crippen LogP contribution is 2.16. The van der Waals surface area contributed by atoms with Crippen LogP contribution in [0.2, 0.25) is 0 Å². The number of aryl methyl sites for hydroxylation is 1. The van der Waals surface area contributed by atoms with E-state index in [9.17, 15) is 9.59 Å². The van der Waals surface area contributed by atoms with Crippen LogP contribution in [-0.2, 0) is 22.6 Å². The van der Waals surface area contributed by atoms with Crippen molar-refractivity contribution < 1.29 is 9.53 Å². The molecule has 23 heavy (non-hydrogen) atoms. The molecular weight excluding hydrogens is 294 g/mol. The van der Waals surface area contributed by atoms with Crippen molar-refractivity contribution in [2.75, 3.05) is 6.61 Å². The smallest absolute Gasteiger partial charge is 0.329 e. The van der Waals surface area contributed by atoms with Gasteiger partial charge in [-0.15, -0.1) is 0 Å². The number of ether oxygens (including phenoxy) is 1. The summed E-state index contributed by atoms with van der Waals surface area (Å²) in [6.45, 7) is 5.25. The first kappa shape index (κ1) is 15.8. The Morgan fingerprint density at radius 2 is 2.04 bits per heavy atom. The lowest BCUT2D eigenvalue weighted by Gasteiger charge is -2.20. The number of aromatic nitrogens is 2. The highest BCUT2D eigenvalue weighted by atomic mass is 16.5. The van der Waals surface area contributed by atoms with Crippen LogP contribution in [0.25, 0.3) is 11.0 Å². The first-order valence-electron chi connectivity index (χ1n) is 8.21. The summed E-state index contributed by atoms with van der Waals surface area (Å²) >= 11 is 0. The molecule has 0 spiro atoms. The minimum Gasteiger partial charge on any atom is -0.376 e. The van der Waals surface area contributed by atoms with Gasteiger partial charge < -0.3 is 10.1 Å². The van der Waals surface area contributed by atoms with E-state index in [1.165, 1.54) is 4.57 Å². The molecule has 2 atom stereocenters. The summed E-state index contributed by atoms with van der Waals surface area (Å²) in [5.41, 5.74) is 1.51. The number of carbonyl (C=O) groups excluding carboxylic acids is 1. The molecule has 0 bridgehead atoms. The fraction of sp³-hybridized carbons (Fsp3) is 0.529. The first-order valence-corrected chi connectivity index (χ1v) is 8.21. The number of rotatable bonds is 5. The number of hydrogen-bond acceptors (Lipinski definition) is 3. The van der Waals surface area contributed by atoms with Gasteiger partial charge in [0.15, 0.2) is 0 Å². The van der Waals surface area contributed by atoms with Crippen molar-refractivity contribution in [3.63, 3.8) is 0 Å². The monoisotopic (exact) mass is 317 g/mol. The zero-order valence-corrected chi connectivity index (χ0v) is 13.6. The molecule has 124 valence electrons. The number of imidazole rings is 1. The Hall–Kier alpha value is -2.08. The minimum atomic E-state index is -0.158. The summed E-state index contributed by atoms with van der Waals surface area (Å²) < 4.78 is 8.82. The van der Waals surface area contributed by atoms with Crippen molar-refractivity contribution in [3.05, 3.63) is 34.7 Å². The van der Waals surface area contributed by atoms with Gasteiger partial charge in [-0.05, 0) is 38.8 Å². The summed E-state index contributed by atoms with van der Waals surface area (Å²) in [5.74, 6) is -0.158. The average molecular weight is 317 g/mol. The largest absolute Gasteiger partial charge is 0.376 e. The van der Waals surface area contributed by atoms with Crippen molar-refractivity contribution in [2.45, 2.75) is 51.9 Å². The predicted octanol–water partition coefficient (Wildman–Crippen LogP) is 1.51. The van der Waals surface area contributed by atoms with Gasteiger partial charge in [-0.1, -0.05) is 12.1 Å². The third-order valence-corrected chi connectivity index (χ3v) is 4.45. The van der Waals surface area contributed by atoms with Crippen molar-refractivity contribution in [1.29, 1.82) is 0 Å². The summed E-state index contributed by atoms with van der Waals surface area (Å²) in [5, 5.41) is 2.96. The van der Waals surface area contributed by atoms with E-state index in [-0.39, 0.29) is 30.3 Å². The standard InChI is InChI=1S/C17H23N3O3/c1-3-19-13-7-4-5-8-14(13)20(17(19)22)11-16(21)18-12(2)15-9-6-10-23-15/h4-5,7-8,12,15H,3,6,9-11H2,1-2H3,(H,18,21). The second-order valence-electron chi connectivity index (χ2n) is 6.01. The Morgan fingerprint density at radius 1 is 1.35 bits per heavy atom. The van der Waals surface area contributed by atoms with Gasteiger partial charge in [0.1, 0.15) is 6.54 Å². The number of nitrogens with one attached hydrogen (secondary N) is 1. The molecule has 1 aliphatic heterocycles. The molecule has 1 amide bonds. The van der Waals surface area contributed by atoms with Gasteiger partial charge in [0.2, 0.25) is 5.91 Å². The number of carbonyl (C=O) groups is 1. The lowest BCUT2D eigenvalue weighted by molar-refractivity contribution is -0.123. The summed E-state index contributed by atoms with van der Waals surface area (Å²) in [6, 6.07) is 7.52. The van der Waals surface area contributed by atoms with Crippen LogP contribution in [0.15, 0.2) is 29.1 Å². The van der Waals surface area contributed by atoms with Crippen LogP contribution in [0.5, 0.6) is 0 Å². The van der Waals surface area contributed by atoms with E-state index in [2.05, 4.69) is 5.32 Å². The Labute approximate surface area is 135 Å². The Morgan fingerprint density at radius 3 is 2.65 bits per heavy atom. The van der Waals surface area contributed by atoms with Crippen LogP contribution in [0.4, 0.5) is 0 Å². The zero-order valence-electron chi connectivity index (χ0n) is 13.6. The summed E-state index contributed by atoms with van der Waals surface area (Å²) in [6.07, 6.45) is 2.08. The van der Waals surface area contributed by atoms with Gasteiger partial charge in [-0.2, -0.15) is 0 Å². The van der Waals surface area contributed by atoms with E-state index in [1.54, 1.807) is 4.57 Å².